The number of aromatic hydroxyl groups is 1. The van der Waals surface area contributed by atoms with E-state index in [0.29, 0.717) is 0 Å². The number of ether oxygens (including phenoxy) is 1. The van der Waals surface area contributed by atoms with Gasteiger partial charge in [-0.3, -0.25) is 0 Å². The molecule has 2 aromatic carbocycles. The quantitative estimate of drug-likeness (QED) is 0.730. The summed E-state index contributed by atoms with van der Waals surface area (Å²) in [6.07, 6.45) is 0.517. The van der Waals surface area contributed by atoms with Crippen LogP contribution in [0.25, 0.3) is 0 Å². The Morgan fingerprint density at radius 1 is 1.04 bits per heavy atom. The highest BCUT2D eigenvalue weighted by Gasteiger charge is 2.41. The van der Waals surface area contributed by atoms with Gasteiger partial charge in [-0.1, -0.05) is 36.4 Å². The maximum atomic E-state index is 10.2. The van der Waals surface area contributed by atoms with Crippen LogP contribution in [0.2, 0.25) is 0 Å². The molecule has 0 spiro atoms. The Bertz CT molecular complexity index is 952. The van der Waals surface area contributed by atoms with Gasteiger partial charge in [0.15, 0.2) is 0 Å². The Hall–Kier alpha value is -2.79. The van der Waals surface area contributed by atoms with Crippen LogP contribution in [0.4, 0.5) is 0 Å². The van der Waals surface area contributed by atoms with Crippen LogP contribution in [-0.4, -0.2) is 15.8 Å². The third-order valence-electron chi connectivity index (χ3n) is 4.70. The van der Waals surface area contributed by atoms with Gasteiger partial charge < -0.3 is 9.84 Å². The van der Waals surface area contributed by atoms with Crippen LogP contribution in [0.15, 0.2) is 71.1 Å². The maximum absolute atomic E-state index is 10.2. The number of para-hydroxylation sites is 2. The molecule has 2 aliphatic rings. The Morgan fingerprint density at radius 2 is 1.88 bits per heavy atom. The Morgan fingerprint density at radius 3 is 2.72 bits per heavy atom. The fourth-order valence-corrected chi connectivity index (χ4v) is 4.28. The lowest BCUT2D eigenvalue weighted by atomic mass is 9.96. The Kier molecular flexibility index (Phi) is 3.28. The van der Waals surface area contributed by atoms with Crippen LogP contribution in [0.3, 0.4) is 0 Å². The molecule has 3 heterocycles. The first-order valence-electron chi connectivity index (χ1n) is 8.24. The van der Waals surface area contributed by atoms with Crippen molar-refractivity contribution in [1.82, 2.24) is 5.01 Å². The molecule has 0 saturated heterocycles. The summed E-state index contributed by atoms with van der Waals surface area (Å²) >= 11 is 1.67. The van der Waals surface area contributed by atoms with E-state index in [4.69, 9.17) is 9.84 Å². The van der Waals surface area contributed by atoms with E-state index in [9.17, 15) is 5.11 Å². The number of hydrogen-bond acceptors (Lipinski definition) is 5. The highest BCUT2D eigenvalue weighted by molar-refractivity contribution is 7.10. The Balaban J connectivity index is 1.62. The van der Waals surface area contributed by atoms with Crippen molar-refractivity contribution in [1.29, 1.82) is 0 Å². The summed E-state index contributed by atoms with van der Waals surface area (Å²) in [4.78, 5) is 1.13. The number of thiophene rings is 1. The van der Waals surface area contributed by atoms with Crippen LogP contribution in [0.5, 0.6) is 11.5 Å². The lowest BCUT2D eigenvalue weighted by Gasteiger charge is -2.37. The standard InChI is InChI=1S/C20H16N2O2S/c23-17-8-3-1-6-13(17)15-12-16-14-7-2-4-9-18(14)24-20(22(16)21-15)19-10-5-11-25-19/h1-11,16,20,23H,12H2/t16-,20+/m1/s1. The fraction of sp³-hybridized carbons (Fsp3) is 0.150. The molecule has 2 aliphatic heterocycles. The van der Waals surface area contributed by atoms with Crippen molar-refractivity contribution in [2.45, 2.75) is 18.7 Å². The van der Waals surface area contributed by atoms with E-state index < -0.39 is 0 Å². The molecular weight excluding hydrogens is 332 g/mol. The predicted octanol–water partition coefficient (Wildman–Crippen LogP) is 4.70. The molecule has 3 aromatic rings. The van der Waals surface area contributed by atoms with E-state index in [1.165, 1.54) is 0 Å². The lowest BCUT2D eigenvalue weighted by Crippen LogP contribution is -2.33. The molecule has 0 amide bonds. The highest BCUT2D eigenvalue weighted by atomic mass is 32.1. The van der Waals surface area contributed by atoms with Crippen LogP contribution < -0.4 is 4.74 Å². The third kappa shape index (κ3) is 2.31. The molecule has 5 rings (SSSR count). The van der Waals surface area contributed by atoms with E-state index in [-0.39, 0.29) is 18.0 Å². The van der Waals surface area contributed by atoms with Gasteiger partial charge in [0.2, 0.25) is 6.23 Å². The zero-order valence-electron chi connectivity index (χ0n) is 13.4. The molecule has 0 saturated carbocycles. The number of hydrogen-bond donors (Lipinski definition) is 1. The first-order chi connectivity index (χ1) is 12.3. The summed E-state index contributed by atoms with van der Waals surface area (Å²) < 4.78 is 6.27. The zero-order valence-corrected chi connectivity index (χ0v) is 14.2. The van der Waals surface area contributed by atoms with E-state index in [2.05, 4.69) is 17.5 Å². The molecule has 25 heavy (non-hydrogen) atoms. The average molecular weight is 348 g/mol. The molecule has 1 aromatic heterocycles. The number of nitrogens with zero attached hydrogens (tertiary/aromatic N) is 2. The van der Waals surface area contributed by atoms with Gasteiger partial charge in [0.05, 0.1) is 16.6 Å². The van der Waals surface area contributed by atoms with Gasteiger partial charge in [0, 0.05) is 17.5 Å². The summed E-state index contributed by atoms with van der Waals surface area (Å²) in [6.45, 7) is 0. The van der Waals surface area contributed by atoms with Crippen LogP contribution in [-0.2, 0) is 0 Å². The second-order valence-corrected chi connectivity index (χ2v) is 7.17. The third-order valence-corrected chi connectivity index (χ3v) is 5.60. The monoisotopic (exact) mass is 348 g/mol. The summed E-state index contributed by atoms with van der Waals surface area (Å²) in [7, 11) is 0. The second kappa shape index (κ2) is 5.63. The molecule has 0 bridgehead atoms. The highest BCUT2D eigenvalue weighted by Crippen LogP contribution is 2.48. The van der Waals surface area contributed by atoms with E-state index in [1.54, 1.807) is 17.4 Å². The van der Waals surface area contributed by atoms with E-state index >= 15 is 0 Å². The number of rotatable bonds is 2. The molecule has 0 aliphatic carbocycles. The molecule has 1 N–H and O–H groups in total. The van der Waals surface area contributed by atoms with Crippen LogP contribution in [0, 0.1) is 0 Å². The van der Waals surface area contributed by atoms with Gasteiger partial charge in [-0.15, -0.1) is 11.3 Å². The number of hydrazone groups is 1. The summed E-state index contributed by atoms with van der Waals surface area (Å²) in [5, 5.41) is 19.2. The van der Waals surface area contributed by atoms with Gasteiger partial charge in [0.1, 0.15) is 11.5 Å². The molecule has 5 heteroatoms. The van der Waals surface area contributed by atoms with Crippen molar-refractivity contribution in [3.63, 3.8) is 0 Å². The number of phenolic OH excluding ortho intramolecular Hbond substituents is 1. The number of fused-ring (bicyclic) bond motifs is 3. The molecule has 0 radical (unpaired) electrons. The molecule has 2 atom stereocenters. The van der Waals surface area contributed by atoms with Crippen molar-refractivity contribution >= 4 is 17.0 Å². The van der Waals surface area contributed by atoms with Gasteiger partial charge in [0.25, 0.3) is 0 Å². The smallest absolute Gasteiger partial charge is 0.222 e. The lowest BCUT2D eigenvalue weighted by molar-refractivity contribution is -0.0165. The largest absolute Gasteiger partial charge is 0.507 e. The minimum Gasteiger partial charge on any atom is -0.507 e. The molecule has 0 unspecified atom stereocenters. The number of phenols is 1. The first-order valence-corrected chi connectivity index (χ1v) is 9.12. The molecule has 4 nitrogen and oxygen atoms in total. The summed E-state index contributed by atoms with van der Waals surface area (Å²) in [6, 6.07) is 19.7. The van der Waals surface area contributed by atoms with Crippen molar-refractivity contribution < 1.29 is 9.84 Å². The second-order valence-electron chi connectivity index (χ2n) is 6.19. The Labute approximate surface area is 149 Å². The zero-order chi connectivity index (χ0) is 16.8. The van der Waals surface area contributed by atoms with Crippen molar-refractivity contribution in [3.05, 3.63) is 82.0 Å². The predicted molar refractivity (Wildman–Crippen MR) is 98.0 cm³/mol. The molecular formula is C20H16N2O2S. The van der Waals surface area contributed by atoms with E-state index in [1.807, 2.05) is 47.5 Å². The van der Waals surface area contributed by atoms with Gasteiger partial charge >= 0.3 is 0 Å². The normalized spacial score (nSPS) is 21.3. The first kappa shape index (κ1) is 14.5. The summed E-state index contributed by atoms with van der Waals surface area (Å²) in [5.41, 5.74) is 2.83. The minimum atomic E-state index is -0.233. The van der Waals surface area contributed by atoms with Crippen LogP contribution >= 0.6 is 11.3 Å². The van der Waals surface area contributed by atoms with Gasteiger partial charge in [-0.05, 0) is 29.6 Å². The fourth-order valence-electron chi connectivity index (χ4n) is 3.53. The van der Waals surface area contributed by atoms with Gasteiger partial charge in [-0.25, -0.2) is 5.01 Å². The number of benzene rings is 2. The summed E-state index contributed by atoms with van der Waals surface area (Å²) in [5.74, 6) is 1.18. The SMILES string of the molecule is Oc1ccccc1C1=NN2[C@H](C1)c1ccccc1O[C@H]2c1cccs1. The van der Waals surface area contributed by atoms with Crippen molar-refractivity contribution in [3.8, 4) is 11.5 Å². The minimum absolute atomic E-state index is 0.117. The van der Waals surface area contributed by atoms with Gasteiger partial charge in [-0.2, -0.15) is 5.10 Å². The van der Waals surface area contributed by atoms with Crippen molar-refractivity contribution in [2.24, 2.45) is 5.10 Å². The molecule has 0 fully saturated rings. The average Bonchev–Trinajstić information content (AvgIpc) is 3.31. The maximum Gasteiger partial charge on any atom is 0.222 e. The van der Waals surface area contributed by atoms with Crippen molar-refractivity contribution in [2.75, 3.05) is 0 Å². The topological polar surface area (TPSA) is 45.1 Å². The molecule has 124 valence electrons. The van der Waals surface area contributed by atoms with E-state index in [0.717, 1.165) is 33.9 Å². The van der Waals surface area contributed by atoms with Crippen LogP contribution in [0.1, 0.15) is 34.7 Å².